The van der Waals surface area contributed by atoms with Crippen molar-refractivity contribution in [1.82, 2.24) is 5.32 Å². The summed E-state index contributed by atoms with van der Waals surface area (Å²) in [5.74, 6) is 0. The Hall–Kier alpha value is -1.64. The lowest BCUT2D eigenvalue weighted by Gasteiger charge is -2.22. The number of benzene rings is 2. The molecule has 2 atom stereocenters. The largest absolute Gasteiger partial charge is 0.393 e. The Morgan fingerprint density at radius 1 is 1.00 bits per heavy atom. The van der Waals surface area contributed by atoms with E-state index in [1.807, 2.05) is 13.0 Å². The molecule has 0 saturated heterocycles. The highest BCUT2D eigenvalue weighted by molar-refractivity contribution is 5.36. The van der Waals surface area contributed by atoms with Gasteiger partial charge < -0.3 is 10.4 Å². The van der Waals surface area contributed by atoms with Gasteiger partial charge in [-0.1, -0.05) is 61.5 Å². The lowest BCUT2D eigenvalue weighted by Crippen LogP contribution is -2.26. The zero-order chi connectivity index (χ0) is 15.1. The van der Waals surface area contributed by atoms with Crippen molar-refractivity contribution in [2.24, 2.45) is 0 Å². The van der Waals surface area contributed by atoms with Gasteiger partial charge in [0.1, 0.15) is 0 Å². The molecule has 0 fully saturated rings. The molecule has 2 heteroatoms. The Kier molecular flexibility index (Phi) is 5.97. The SMILES string of the molecule is CCC(O)CCNC(c1ccccc1)c1ccccc1C. The van der Waals surface area contributed by atoms with Crippen molar-refractivity contribution in [3.63, 3.8) is 0 Å². The first-order chi connectivity index (χ1) is 10.2. The van der Waals surface area contributed by atoms with Crippen molar-refractivity contribution in [1.29, 1.82) is 0 Å². The minimum absolute atomic E-state index is 0.177. The number of hydrogen-bond donors (Lipinski definition) is 2. The van der Waals surface area contributed by atoms with Crippen LogP contribution in [0, 0.1) is 6.92 Å². The summed E-state index contributed by atoms with van der Waals surface area (Å²) in [6.45, 7) is 4.97. The molecular formula is C19H25NO. The van der Waals surface area contributed by atoms with Crippen LogP contribution in [0.1, 0.15) is 42.5 Å². The van der Waals surface area contributed by atoms with Crippen LogP contribution in [0.5, 0.6) is 0 Å². The second-order valence-electron chi connectivity index (χ2n) is 5.51. The molecule has 0 aliphatic carbocycles. The Morgan fingerprint density at radius 3 is 2.33 bits per heavy atom. The van der Waals surface area contributed by atoms with Gasteiger partial charge in [-0.15, -0.1) is 0 Å². The molecule has 2 N–H and O–H groups in total. The van der Waals surface area contributed by atoms with E-state index in [4.69, 9.17) is 0 Å². The smallest absolute Gasteiger partial charge is 0.0579 e. The molecule has 0 spiro atoms. The number of aliphatic hydroxyl groups excluding tert-OH is 1. The van der Waals surface area contributed by atoms with E-state index in [-0.39, 0.29) is 12.1 Å². The lowest BCUT2D eigenvalue weighted by atomic mass is 9.95. The zero-order valence-electron chi connectivity index (χ0n) is 12.9. The maximum absolute atomic E-state index is 9.73. The van der Waals surface area contributed by atoms with Crippen molar-refractivity contribution in [2.45, 2.75) is 38.8 Å². The molecule has 0 bridgehead atoms. The number of rotatable bonds is 7. The second-order valence-corrected chi connectivity index (χ2v) is 5.51. The van der Waals surface area contributed by atoms with Crippen LogP contribution in [0.15, 0.2) is 54.6 Å². The fraction of sp³-hybridized carbons (Fsp3) is 0.368. The van der Waals surface area contributed by atoms with Gasteiger partial charge >= 0.3 is 0 Å². The van der Waals surface area contributed by atoms with Crippen LogP contribution in [-0.2, 0) is 0 Å². The summed E-state index contributed by atoms with van der Waals surface area (Å²) in [6.07, 6.45) is 1.37. The van der Waals surface area contributed by atoms with Crippen molar-refractivity contribution < 1.29 is 5.11 Å². The van der Waals surface area contributed by atoms with Gasteiger partial charge in [0, 0.05) is 0 Å². The summed E-state index contributed by atoms with van der Waals surface area (Å²) >= 11 is 0. The van der Waals surface area contributed by atoms with Crippen LogP contribution < -0.4 is 5.32 Å². The maximum Gasteiger partial charge on any atom is 0.0579 e. The van der Waals surface area contributed by atoms with Crippen LogP contribution in [0.2, 0.25) is 0 Å². The fourth-order valence-corrected chi connectivity index (χ4v) is 2.56. The first-order valence-corrected chi connectivity index (χ1v) is 7.74. The third kappa shape index (κ3) is 4.42. The Morgan fingerprint density at radius 2 is 1.67 bits per heavy atom. The van der Waals surface area contributed by atoms with E-state index >= 15 is 0 Å². The van der Waals surface area contributed by atoms with E-state index < -0.39 is 0 Å². The van der Waals surface area contributed by atoms with Crippen molar-refractivity contribution in [2.75, 3.05) is 6.54 Å². The molecule has 0 aliphatic rings. The Bertz CT molecular complexity index is 538. The summed E-state index contributed by atoms with van der Waals surface area (Å²) in [4.78, 5) is 0. The van der Waals surface area contributed by atoms with Crippen LogP contribution in [0.3, 0.4) is 0 Å². The van der Waals surface area contributed by atoms with E-state index in [9.17, 15) is 5.11 Å². The predicted octanol–water partition coefficient (Wildman–Crippen LogP) is 3.84. The highest BCUT2D eigenvalue weighted by Crippen LogP contribution is 2.24. The average molecular weight is 283 g/mol. The molecule has 2 aromatic carbocycles. The van der Waals surface area contributed by atoms with E-state index in [1.54, 1.807) is 0 Å². The molecule has 0 aromatic heterocycles. The molecule has 0 heterocycles. The van der Waals surface area contributed by atoms with Gasteiger partial charge in [-0.25, -0.2) is 0 Å². The van der Waals surface area contributed by atoms with E-state index in [1.165, 1.54) is 16.7 Å². The highest BCUT2D eigenvalue weighted by atomic mass is 16.3. The predicted molar refractivity (Wildman–Crippen MR) is 88.4 cm³/mol. The quantitative estimate of drug-likeness (QED) is 0.809. The third-order valence-corrected chi connectivity index (χ3v) is 3.93. The molecule has 2 nitrogen and oxygen atoms in total. The molecule has 0 radical (unpaired) electrons. The van der Waals surface area contributed by atoms with Crippen molar-refractivity contribution >= 4 is 0 Å². The Balaban J connectivity index is 2.18. The van der Waals surface area contributed by atoms with Crippen LogP contribution in [0.25, 0.3) is 0 Å². The van der Waals surface area contributed by atoms with Gasteiger partial charge in [-0.05, 0) is 43.0 Å². The normalized spacial score (nSPS) is 13.9. The Labute approximate surface area is 127 Å². The zero-order valence-corrected chi connectivity index (χ0v) is 12.9. The number of nitrogens with one attached hydrogen (secondary N) is 1. The first-order valence-electron chi connectivity index (χ1n) is 7.74. The molecule has 2 unspecified atom stereocenters. The lowest BCUT2D eigenvalue weighted by molar-refractivity contribution is 0.159. The minimum Gasteiger partial charge on any atom is -0.393 e. The van der Waals surface area contributed by atoms with Crippen molar-refractivity contribution in [3.05, 3.63) is 71.3 Å². The molecule has 0 amide bonds. The van der Waals surface area contributed by atoms with Gasteiger partial charge in [-0.2, -0.15) is 0 Å². The van der Waals surface area contributed by atoms with Gasteiger partial charge in [-0.3, -0.25) is 0 Å². The van der Waals surface area contributed by atoms with Gasteiger partial charge in [0.15, 0.2) is 0 Å². The molecule has 112 valence electrons. The average Bonchev–Trinajstić information content (AvgIpc) is 2.53. The maximum atomic E-state index is 9.73. The first kappa shape index (κ1) is 15.7. The van der Waals surface area contributed by atoms with E-state index in [0.717, 1.165) is 19.4 Å². The number of aliphatic hydroxyl groups is 1. The molecule has 21 heavy (non-hydrogen) atoms. The summed E-state index contributed by atoms with van der Waals surface area (Å²) in [7, 11) is 0. The van der Waals surface area contributed by atoms with Crippen molar-refractivity contribution in [3.8, 4) is 0 Å². The summed E-state index contributed by atoms with van der Waals surface area (Å²) < 4.78 is 0. The van der Waals surface area contributed by atoms with E-state index in [2.05, 4.69) is 60.8 Å². The minimum atomic E-state index is -0.217. The standard InChI is InChI=1S/C19H25NO/c1-3-17(21)13-14-20-19(16-10-5-4-6-11-16)18-12-8-7-9-15(18)2/h4-12,17,19-21H,3,13-14H2,1-2H3. The van der Waals surface area contributed by atoms with Crippen LogP contribution in [-0.4, -0.2) is 17.8 Å². The number of hydrogen-bond acceptors (Lipinski definition) is 2. The molecule has 0 aliphatic heterocycles. The van der Waals surface area contributed by atoms with Crippen LogP contribution >= 0.6 is 0 Å². The van der Waals surface area contributed by atoms with Gasteiger partial charge in [0.05, 0.1) is 12.1 Å². The monoisotopic (exact) mass is 283 g/mol. The van der Waals surface area contributed by atoms with Crippen LogP contribution in [0.4, 0.5) is 0 Å². The fourth-order valence-electron chi connectivity index (χ4n) is 2.56. The van der Waals surface area contributed by atoms with E-state index in [0.29, 0.717) is 0 Å². The summed E-state index contributed by atoms with van der Waals surface area (Å²) in [6, 6.07) is 19.1. The summed E-state index contributed by atoms with van der Waals surface area (Å²) in [5.41, 5.74) is 3.85. The molecule has 0 saturated carbocycles. The third-order valence-electron chi connectivity index (χ3n) is 3.93. The molecular weight excluding hydrogens is 258 g/mol. The molecule has 2 rings (SSSR count). The number of aryl methyl sites for hydroxylation is 1. The van der Waals surface area contributed by atoms with Gasteiger partial charge in [0.25, 0.3) is 0 Å². The van der Waals surface area contributed by atoms with Gasteiger partial charge in [0.2, 0.25) is 0 Å². The highest BCUT2D eigenvalue weighted by Gasteiger charge is 2.15. The topological polar surface area (TPSA) is 32.3 Å². The summed E-state index contributed by atoms with van der Waals surface area (Å²) in [5, 5.41) is 13.3. The molecule has 2 aromatic rings. The second kappa shape index (κ2) is 7.96.